The maximum absolute atomic E-state index is 6.54. The van der Waals surface area contributed by atoms with Crippen molar-refractivity contribution in [2.75, 3.05) is 6.54 Å². The highest BCUT2D eigenvalue weighted by atomic mass is 127. The number of ether oxygens (including phenoxy) is 1. The lowest BCUT2D eigenvalue weighted by Crippen LogP contribution is -2.36. The van der Waals surface area contributed by atoms with Crippen LogP contribution in [0.3, 0.4) is 0 Å². The fraction of sp³-hybridized carbons (Fsp3) is 0.278. The van der Waals surface area contributed by atoms with Gasteiger partial charge in [-0.1, -0.05) is 85.3 Å². The molecule has 0 spiro atoms. The van der Waals surface area contributed by atoms with Crippen molar-refractivity contribution in [3.8, 4) is 16.9 Å². The van der Waals surface area contributed by atoms with Gasteiger partial charge in [-0.05, 0) is 120 Å². The second-order valence-corrected chi connectivity index (χ2v) is 12.0. The first kappa shape index (κ1) is 27.7. The van der Waals surface area contributed by atoms with Gasteiger partial charge in [0.2, 0.25) is 0 Å². The molecule has 1 saturated heterocycles. The van der Waals surface area contributed by atoms with Crippen molar-refractivity contribution in [1.82, 2.24) is 4.90 Å². The molecule has 5 rings (SSSR count). The lowest BCUT2D eigenvalue weighted by atomic mass is 9.95. The maximum Gasteiger partial charge on any atom is 0.124 e. The van der Waals surface area contributed by atoms with Crippen LogP contribution in [0.2, 0.25) is 0 Å². The van der Waals surface area contributed by atoms with Crippen LogP contribution in [-0.4, -0.2) is 17.5 Å². The summed E-state index contributed by atoms with van der Waals surface area (Å²) in [5.41, 5.74) is 10.0. The lowest BCUT2D eigenvalue weighted by molar-refractivity contribution is 0.150. The SMILES string of the molecule is Cc1cc(CN2CCCC[C@H]2C)c(OCc2cccc(I)c2)cc1/C=C/c1cccc(-c2ccccc2)c1C. The quantitative estimate of drug-likeness (QED) is 0.143. The summed E-state index contributed by atoms with van der Waals surface area (Å²) >= 11 is 2.37. The minimum absolute atomic E-state index is 0.573. The summed E-state index contributed by atoms with van der Waals surface area (Å²) in [5, 5.41) is 0. The molecule has 1 heterocycles. The van der Waals surface area contributed by atoms with Crippen molar-refractivity contribution >= 4 is 34.7 Å². The highest BCUT2D eigenvalue weighted by Crippen LogP contribution is 2.31. The fourth-order valence-electron chi connectivity index (χ4n) is 5.54. The molecule has 1 aliphatic heterocycles. The molecule has 4 aromatic rings. The summed E-state index contributed by atoms with van der Waals surface area (Å²) in [5.74, 6) is 0.992. The number of hydrogen-bond donors (Lipinski definition) is 0. The second kappa shape index (κ2) is 13.0. The average Bonchev–Trinajstić information content (AvgIpc) is 2.94. The molecule has 4 aromatic carbocycles. The van der Waals surface area contributed by atoms with Gasteiger partial charge in [-0.25, -0.2) is 0 Å². The molecule has 0 bridgehead atoms. The smallest absolute Gasteiger partial charge is 0.124 e. The number of piperidine rings is 1. The molecule has 1 fully saturated rings. The van der Waals surface area contributed by atoms with Crippen LogP contribution in [-0.2, 0) is 13.2 Å². The monoisotopic (exact) mass is 627 g/mol. The Morgan fingerprint density at radius 3 is 2.46 bits per heavy atom. The normalized spacial score (nSPS) is 16.1. The van der Waals surface area contributed by atoms with Crippen molar-refractivity contribution in [3.63, 3.8) is 0 Å². The number of nitrogens with zero attached hydrogens (tertiary/aromatic N) is 1. The van der Waals surface area contributed by atoms with Gasteiger partial charge in [0.1, 0.15) is 12.4 Å². The minimum atomic E-state index is 0.573. The highest BCUT2D eigenvalue weighted by Gasteiger charge is 2.20. The third-order valence-corrected chi connectivity index (χ3v) is 8.62. The predicted molar refractivity (Wildman–Crippen MR) is 174 cm³/mol. The molecule has 0 aliphatic carbocycles. The van der Waals surface area contributed by atoms with E-state index >= 15 is 0 Å². The molecule has 39 heavy (non-hydrogen) atoms. The molecule has 0 amide bonds. The zero-order chi connectivity index (χ0) is 27.2. The Kier molecular flexibility index (Phi) is 9.21. The van der Waals surface area contributed by atoms with Gasteiger partial charge in [-0.3, -0.25) is 4.90 Å². The Hall–Kier alpha value is -2.89. The maximum atomic E-state index is 6.54. The van der Waals surface area contributed by atoms with E-state index in [0.717, 1.165) is 18.8 Å². The number of likely N-dealkylation sites (tertiary alicyclic amines) is 1. The molecule has 2 nitrogen and oxygen atoms in total. The van der Waals surface area contributed by atoms with Gasteiger partial charge in [0, 0.05) is 21.7 Å². The molecule has 1 atom stereocenters. The van der Waals surface area contributed by atoms with Gasteiger partial charge in [0.25, 0.3) is 0 Å². The van der Waals surface area contributed by atoms with Crippen LogP contribution in [0.15, 0.2) is 84.9 Å². The van der Waals surface area contributed by atoms with Crippen molar-refractivity contribution in [2.24, 2.45) is 0 Å². The van der Waals surface area contributed by atoms with E-state index in [2.05, 4.69) is 145 Å². The number of rotatable bonds is 8. The van der Waals surface area contributed by atoms with E-state index in [-0.39, 0.29) is 0 Å². The molecule has 200 valence electrons. The first-order chi connectivity index (χ1) is 19.0. The average molecular weight is 628 g/mol. The van der Waals surface area contributed by atoms with E-state index in [0.29, 0.717) is 12.6 Å². The van der Waals surface area contributed by atoms with Crippen LogP contribution in [0.1, 0.15) is 59.6 Å². The van der Waals surface area contributed by atoms with Crippen LogP contribution in [0.5, 0.6) is 5.75 Å². The Morgan fingerprint density at radius 1 is 0.872 bits per heavy atom. The van der Waals surface area contributed by atoms with E-state index in [4.69, 9.17) is 4.74 Å². The molecule has 0 aromatic heterocycles. The number of aryl methyl sites for hydroxylation is 1. The summed E-state index contributed by atoms with van der Waals surface area (Å²) in [7, 11) is 0. The van der Waals surface area contributed by atoms with Gasteiger partial charge in [0.05, 0.1) is 0 Å². The highest BCUT2D eigenvalue weighted by molar-refractivity contribution is 14.1. The standard InChI is InChI=1S/C36H38INO/c1-26-21-33(24-38-20-8-7-11-27(38)2)36(39-25-29-12-9-16-34(37)22-29)23-32(26)19-18-30-15-10-17-35(28(30)3)31-13-5-4-6-14-31/h4-6,9-10,12-19,21-23,27H,7-8,11,20,24-25H2,1-3H3/b19-18+/t27-/m1/s1. The second-order valence-electron chi connectivity index (χ2n) is 10.8. The van der Waals surface area contributed by atoms with Crippen LogP contribution in [0, 0.1) is 17.4 Å². The molecular weight excluding hydrogens is 589 g/mol. The van der Waals surface area contributed by atoms with Crippen LogP contribution in [0.4, 0.5) is 0 Å². The minimum Gasteiger partial charge on any atom is -0.489 e. The Morgan fingerprint density at radius 2 is 1.67 bits per heavy atom. The van der Waals surface area contributed by atoms with Gasteiger partial charge in [-0.2, -0.15) is 0 Å². The molecule has 0 radical (unpaired) electrons. The largest absolute Gasteiger partial charge is 0.489 e. The number of halogens is 1. The van der Waals surface area contributed by atoms with E-state index < -0.39 is 0 Å². The Bertz CT molecular complexity index is 1440. The molecule has 0 N–H and O–H groups in total. The summed E-state index contributed by atoms with van der Waals surface area (Å²) in [4.78, 5) is 2.62. The van der Waals surface area contributed by atoms with Gasteiger partial charge < -0.3 is 4.74 Å². The van der Waals surface area contributed by atoms with Crippen LogP contribution < -0.4 is 4.74 Å². The summed E-state index contributed by atoms with van der Waals surface area (Å²) in [6.45, 7) is 9.47. The zero-order valence-electron chi connectivity index (χ0n) is 23.3. The topological polar surface area (TPSA) is 12.5 Å². The first-order valence-electron chi connectivity index (χ1n) is 14.1. The summed E-state index contributed by atoms with van der Waals surface area (Å²) < 4.78 is 7.77. The third kappa shape index (κ3) is 7.01. The summed E-state index contributed by atoms with van der Waals surface area (Å²) in [6.07, 6.45) is 8.39. The predicted octanol–water partition coefficient (Wildman–Crippen LogP) is 9.70. The van der Waals surface area contributed by atoms with Gasteiger partial charge in [0.15, 0.2) is 0 Å². The van der Waals surface area contributed by atoms with E-state index in [1.54, 1.807) is 0 Å². The van der Waals surface area contributed by atoms with E-state index in [9.17, 15) is 0 Å². The third-order valence-electron chi connectivity index (χ3n) is 7.95. The molecule has 1 aliphatic rings. The van der Waals surface area contributed by atoms with Crippen LogP contribution >= 0.6 is 22.6 Å². The van der Waals surface area contributed by atoms with E-state index in [1.165, 1.54) is 67.3 Å². The number of benzene rings is 4. The van der Waals surface area contributed by atoms with Crippen molar-refractivity contribution in [3.05, 3.63) is 122 Å². The van der Waals surface area contributed by atoms with Crippen LogP contribution in [0.25, 0.3) is 23.3 Å². The summed E-state index contributed by atoms with van der Waals surface area (Å²) in [6, 6.07) is 31.0. The Labute approximate surface area is 247 Å². The molecule has 3 heteroatoms. The zero-order valence-corrected chi connectivity index (χ0v) is 25.4. The fourth-order valence-corrected chi connectivity index (χ4v) is 6.15. The number of hydrogen-bond acceptors (Lipinski definition) is 2. The van der Waals surface area contributed by atoms with Crippen molar-refractivity contribution < 1.29 is 4.74 Å². The van der Waals surface area contributed by atoms with E-state index in [1.807, 2.05) is 0 Å². The molecule has 0 saturated carbocycles. The lowest BCUT2D eigenvalue weighted by Gasteiger charge is -2.34. The van der Waals surface area contributed by atoms with Crippen molar-refractivity contribution in [2.45, 2.75) is 59.2 Å². The van der Waals surface area contributed by atoms with Crippen molar-refractivity contribution in [1.29, 1.82) is 0 Å². The van der Waals surface area contributed by atoms with Gasteiger partial charge in [-0.15, -0.1) is 0 Å². The molecule has 0 unspecified atom stereocenters. The van der Waals surface area contributed by atoms with Gasteiger partial charge >= 0.3 is 0 Å². The Balaban J connectivity index is 1.45. The first-order valence-corrected chi connectivity index (χ1v) is 15.1. The molecular formula is C36H38INO.